The van der Waals surface area contributed by atoms with E-state index in [-0.39, 0.29) is 0 Å². The predicted octanol–water partition coefficient (Wildman–Crippen LogP) is 2.60. The van der Waals surface area contributed by atoms with Crippen molar-refractivity contribution < 1.29 is 9.47 Å². The molecule has 1 aromatic rings. The number of hydrogen-bond donors (Lipinski definition) is 1. The molecule has 0 radical (unpaired) electrons. The Morgan fingerprint density at radius 3 is 2.65 bits per heavy atom. The van der Waals surface area contributed by atoms with Crippen molar-refractivity contribution in [2.75, 3.05) is 38.7 Å². The van der Waals surface area contributed by atoms with E-state index < -0.39 is 0 Å². The Morgan fingerprint density at radius 1 is 1.25 bits per heavy atom. The van der Waals surface area contributed by atoms with Crippen LogP contribution < -0.4 is 14.8 Å². The highest BCUT2D eigenvalue weighted by Gasteiger charge is 2.33. The molecule has 1 unspecified atom stereocenters. The molecular weight excluding hydrogens is 252 g/mol. The van der Waals surface area contributed by atoms with Crippen molar-refractivity contribution in [1.29, 1.82) is 0 Å². The molecule has 4 nitrogen and oxygen atoms in total. The van der Waals surface area contributed by atoms with Gasteiger partial charge in [0.15, 0.2) is 11.5 Å². The van der Waals surface area contributed by atoms with E-state index in [1.165, 1.54) is 32.5 Å². The van der Waals surface area contributed by atoms with Crippen LogP contribution in [-0.2, 0) is 0 Å². The maximum absolute atomic E-state index is 5.64. The van der Waals surface area contributed by atoms with Gasteiger partial charge < -0.3 is 19.7 Å². The molecule has 20 heavy (non-hydrogen) atoms. The van der Waals surface area contributed by atoms with Gasteiger partial charge in [0.25, 0.3) is 0 Å². The number of benzene rings is 1. The predicted molar refractivity (Wildman–Crippen MR) is 80.7 cm³/mol. The Kier molecular flexibility index (Phi) is 4.01. The Labute approximate surface area is 121 Å². The zero-order valence-electron chi connectivity index (χ0n) is 12.4. The molecule has 4 heteroatoms. The second-order valence-electron chi connectivity index (χ2n) is 5.69. The summed E-state index contributed by atoms with van der Waals surface area (Å²) in [6, 6.07) is 6.69. The molecule has 0 amide bonds. The summed E-state index contributed by atoms with van der Waals surface area (Å²) in [4.78, 5) is 2.56. The number of hydrogen-bond acceptors (Lipinski definition) is 4. The Bertz CT molecular complexity index is 456. The van der Waals surface area contributed by atoms with Crippen LogP contribution in [0, 0.1) is 5.92 Å². The van der Waals surface area contributed by atoms with Crippen LogP contribution in [0.25, 0.3) is 0 Å². The lowest BCUT2D eigenvalue weighted by molar-refractivity contribution is 0.0975. The monoisotopic (exact) mass is 276 g/mol. The number of nitrogens with one attached hydrogen (secondary N) is 1. The summed E-state index contributed by atoms with van der Waals surface area (Å²) in [5.74, 6) is 2.44. The number of nitrogens with zero attached hydrogens (tertiary/aromatic N) is 1. The fourth-order valence-corrected chi connectivity index (χ4v) is 3.38. The van der Waals surface area contributed by atoms with E-state index >= 15 is 0 Å². The summed E-state index contributed by atoms with van der Waals surface area (Å²) >= 11 is 0. The van der Waals surface area contributed by atoms with E-state index in [2.05, 4.69) is 22.3 Å². The molecule has 3 saturated heterocycles. The largest absolute Gasteiger partial charge is 0.493 e. The quantitative estimate of drug-likeness (QED) is 0.896. The number of rotatable bonds is 5. The van der Waals surface area contributed by atoms with Gasteiger partial charge in [-0.3, -0.25) is 0 Å². The minimum absolute atomic E-state index is 0.570. The van der Waals surface area contributed by atoms with Gasteiger partial charge in [-0.2, -0.15) is 0 Å². The average molecular weight is 276 g/mol. The third kappa shape index (κ3) is 2.70. The first-order valence-corrected chi connectivity index (χ1v) is 7.60. The van der Waals surface area contributed by atoms with Gasteiger partial charge in [0.05, 0.1) is 13.7 Å². The minimum atomic E-state index is 0.570. The van der Waals surface area contributed by atoms with Gasteiger partial charge in [-0.1, -0.05) is 0 Å². The molecule has 4 rings (SSSR count). The molecule has 0 aliphatic carbocycles. The summed E-state index contributed by atoms with van der Waals surface area (Å²) in [5.41, 5.74) is 1.13. The van der Waals surface area contributed by atoms with Crippen molar-refractivity contribution in [1.82, 2.24) is 4.90 Å². The SMILES string of the molecule is CCOc1cc(NC2CN3CCC2CC3)ccc1OC. The molecule has 0 aromatic heterocycles. The Balaban J connectivity index is 1.72. The number of methoxy groups -OCH3 is 1. The maximum atomic E-state index is 5.64. The molecule has 110 valence electrons. The number of ether oxygens (including phenoxy) is 2. The zero-order valence-corrected chi connectivity index (χ0v) is 12.4. The van der Waals surface area contributed by atoms with E-state index in [9.17, 15) is 0 Å². The summed E-state index contributed by atoms with van der Waals surface area (Å²) in [6.07, 6.45) is 2.65. The van der Waals surface area contributed by atoms with Gasteiger partial charge in [0.2, 0.25) is 0 Å². The highest BCUT2D eigenvalue weighted by atomic mass is 16.5. The van der Waals surface area contributed by atoms with Crippen molar-refractivity contribution in [2.24, 2.45) is 5.92 Å². The fourth-order valence-electron chi connectivity index (χ4n) is 3.38. The molecule has 3 aliphatic heterocycles. The lowest BCUT2D eigenvalue weighted by Crippen LogP contribution is -2.53. The van der Waals surface area contributed by atoms with Gasteiger partial charge in [0, 0.05) is 24.3 Å². The van der Waals surface area contributed by atoms with Gasteiger partial charge in [0.1, 0.15) is 0 Å². The van der Waals surface area contributed by atoms with E-state index in [4.69, 9.17) is 9.47 Å². The number of anilines is 1. The third-order valence-corrected chi connectivity index (χ3v) is 4.47. The van der Waals surface area contributed by atoms with Crippen LogP contribution >= 0.6 is 0 Å². The summed E-state index contributed by atoms with van der Waals surface area (Å²) < 4.78 is 11.0. The van der Waals surface area contributed by atoms with Crippen LogP contribution in [0.2, 0.25) is 0 Å². The van der Waals surface area contributed by atoms with Gasteiger partial charge >= 0.3 is 0 Å². The second kappa shape index (κ2) is 5.92. The minimum Gasteiger partial charge on any atom is -0.493 e. The summed E-state index contributed by atoms with van der Waals surface area (Å²) in [7, 11) is 1.68. The van der Waals surface area contributed by atoms with Crippen molar-refractivity contribution in [3.63, 3.8) is 0 Å². The Hall–Kier alpha value is -1.42. The molecule has 1 N–H and O–H groups in total. The molecule has 2 bridgehead atoms. The van der Waals surface area contributed by atoms with E-state index in [1.54, 1.807) is 7.11 Å². The summed E-state index contributed by atoms with van der Waals surface area (Å²) in [6.45, 7) is 6.36. The number of piperidine rings is 3. The lowest BCUT2D eigenvalue weighted by atomic mass is 9.84. The molecule has 3 aliphatic rings. The van der Waals surface area contributed by atoms with Gasteiger partial charge in [-0.25, -0.2) is 0 Å². The summed E-state index contributed by atoms with van der Waals surface area (Å²) in [5, 5.41) is 3.69. The molecule has 1 atom stereocenters. The Morgan fingerprint density at radius 2 is 2.05 bits per heavy atom. The molecule has 3 heterocycles. The molecule has 0 spiro atoms. The highest BCUT2D eigenvalue weighted by molar-refractivity contribution is 5.55. The lowest BCUT2D eigenvalue weighted by Gasteiger charge is -2.45. The molecule has 0 saturated carbocycles. The van der Waals surface area contributed by atoms with Crippen molar-refractivity contribution in [3.8, 4) is 11.5 Å². The van der Waals surface area contributed by atoms with E-state index in [1.807, 2.05) is 13.0 Å². The van der Waals surface area contributed by atoms with Crippen LogP contribution in [-0.4, -0.2) is 44.3 Å². The van der Waals surface area contributed by atoms with Crippen LogP contribution in [0.4, 0.5) is 5.69 Å². The molecule has 1 aromatic carbocycles. The van der Waals surface area contributed by atoms with E-state index in [0.717, 1.165) is 23.1 Å². The second-order valence-corrected chi connectivity index (χ2v) is 5.69. The van der Waals surface area contributed by atoms with Crippen LogP contribution in [0.5, 0.6) is 11.5 Å². The van der Waals surface area contributed by atoms with Crippen molar-refractivity contribution >= 4 is 5.69 Å². The van der Waals surface area contributed by atoms with Gasteiger partial charge in [-0.05, 0) is 50.9 Å². The fraction of sp³-hybridized carbons (Fsp3) is 0.625. The molecular formula is C16H24N2O2. The smallest absolute Gasteiger partial charge is 0.163 e. The highest BCUT2D eigenvalue weighted by Crippen LogP contribution is 2.33. The van der Waals surface area contributed by atoms with Gasteiger partial charge in [-0.15, -0.1) is 0 Å². The topological polar surface area (TPSA) is 33.7 Å². The van der Waals surface area contributed by atoms with Crippen molar-refractivity contribution in [2.45, 2.75) is 25.8 Å². The maximum Gasteiger partial charge on any atom is 0.163 e. The number of fused-ring (bicyclic) bond motifs is 3. The van der Waals surface area contributed by atoms with Crippen LogP contribution in [0.15, 0.2) is 18.2 Å². The zero-order chi connectivity index (χ0) is 13.9. The van der Waals surface area contributed by atoms with Crippen molar-refractivity contribution in [3.05, 3.63) is 18.2 Å². The van der Waals surface area contributed by atoms with Crippen LogP contribution in [0.3, 0.4) is 0 Å². The first kappa shape index (κ1) is 13.6. The normalized spacial score (nSPS) is 28.2. The molecule has 3 fully saturated rings. The third-order valence-electron chi connectivity index (χ3n) is 4.47. The average Bonchev–Trinajstić information content (AvgIpc) is 2.49. The first-order chi connectivity index (χ1) is 9.80. The standard InChI is InChI=1S/C16H24N2O2/c1-3-20-16-10-13(4-5-15(16)19-2)17-14-11-18-8-6-12(14)7-9-18/h4-5,10,12,14,17H,3,6-9,11H2,1-2H3. The van der Waals surface area contributed by atoms with Crippen LogP contribution in [0.1, 0.15) is 19.8 Å². The van der Waals surface area contributed by atoms with E-state index in [0.29, 0.717) is 12.6 Å². The first-order valence-electron chi connectivity index (χ1n) is 7.60.